The lowest BCUT2D eigenvalue weighted by Crippen LogP contribution is -2.40. The molecule has 2 aromatic heterocycles. The molecule has 2 rings (SSSR count). The number of rotatable bonds is 4. The fourth-order valence-electron chi connectivity index (χ4n) is 1.50. The Hall–Kier alpha value is -1.51. The number of hydrogen-bond acceptors (Lipinski definition) is 5. The Bertz CT molecular complexity index is 595. The number of nitrogens with zero attached hydrogens (tertiary/aromatic N) is 4. The van der Waals surface area contributed by atoms with Crippen LogP contribution >= 0.6 is 0 Å². The summed E-state index contributed by atoms with van der Waals surface area (Å²) in [4.78, 5) is 8.44. The van der Waals surface area contributed by atoms with Crippen LogP contribution < -0.4 is 4.72 Å². The highest BCUT2D eigenvalue weighted by molar-refractivity contribution is 7.90. The molecule has 0 amide bonds. The molecule has 0 aromatic carbocycles. The van der Waals surface area contributed by atoms with Crippen molar-refractivity contribution in [3.8, 4) is 5.82 Å². The Morgan fingerprint density at radius 1 is 1.29 bits per heavy atom. The maximum atomic E-state index is 12.9. The van der Waals surface area contributed by atoms with Crippen LogP contribution in [0.25, 0.3) is 5.82 Å². The minimum absolute atomic E-state index is 0.207. The van der Waals surface area contributed by atoms with E-state index in [-0.39, 0.29) is 10.8 Å². The van der Waals surface area contributed by atoms with Gasteiger partial charge in [0.2, 0.25) is 0 Å². The van der Waals surface area contributed by atoms with E-state index in [0.29, 0.717) is 11.5 Å². The van der Waals surface area contributed by atoms with Crippen LogP contribution in [-0.4, -0.2) is 29.0 Å². The first-order valence-electron chi connectivity index (χ1n) is 6.48. The maximum Gasteiger partial charge on any atom is 0.171 e. The van der Waals surface area contributed by atoms with Gasteiger partial charge in [0, 0.05) is 11.4 Å². The fourth-order valence-corrected chi connectivity index (χ4v) is 2.29. The van der Waals surface area contributed by atoms with Crippen molar-refractivity contribution >= 4 is 11.4 Å². The van der Waals surface area contributed by atoms with Gasteiger partial charge in [-0.1, -0.05) is 0 Å². The summed E-state index contributed by atoms with van der Waals surface area (Å²) in [6.45, 7) is 7.54. The molecule has 2 heterocycles. The second-order valence-corrected chi connectivity index (χ2v) is 7.62. The summed E-state index contributed by atoms with van der Waals surface area (Å²) in [5.74, 6) is -0.0109. The molecule has 0 aliphatic heterocycles. The molecule has 114 valence electrons. The first kappa shape index (κ1) is 15.9. The molecule has 2 unspecified atom stereocenters. The standard InChI is InChI=1S/C13H18FN5OS/c1-9(18-21(20)13(2,3)4)11-6-16-12(7-15-11)19-8-10(14)5-17-19/h5-9,18H,1-4H3. The normalized spacial score (nSPS) is 15.0. The van der Waals surface area contributed by atoms with Crippen LogP contribution in [-0.2, 0) is 11.4 Å². The number of nitrogens with one attached hydrogen (secondary N) is 1. The van der Waals surface area contributed by atoms with Crippen molar-refractivity contribution in [3.05, 3.63) is 36.3 Å². The molecule has 1 N–H and O–H groups in total. The summed E-state index contributed by atoms with van der Waals surface area (Å²) in [6, 6.07) is -0.207. The van der Waals surface area contributed by atoms with Gasteiger partial charge in [0.05, 0.1) is 36.5 Å². The molecule has 0 fully saturated rings. The summed E-state index contributed by atoms with van der Waals surface area (Å²) in [5.41, 5.74) is 0.656. The van der Waals surface area contributed by atoms with Gasteiger partial charge < -0.3 is 4.55 Å². The smallest absolute Gasteiger partial charge is 0.171 e. The predicted octanol–water partition coefficient (Wildman–Crippen LogP) is 1.91. The summed E-state index contributed by atoms with van der Waals surface area (Å²) in [5, 5.41) is 3.82. The third-order valence-electron chi connectivity index (χ3n) is 2.73. The van der Waals surface area contributed by atoms with Gasteiger partial charge in [-0.2, -0.15) is 5.10 Å². The first-order valence-corrected chi connectivity index (χ1v) is 7.63. The molecular weight excluding hydrogens is 293 g/mol. The van der Waals surface area contributed by atoms with Gasteiger partial charge in [0.25, 0.3) is 0 Å². The third-order valence-corrected chi connectivity index (χ3v) is 4.41. The van der Waals surface area contributed by atoms with Gasteiger partial charge in [-0.3, -0.25) is 4.98 Å². The fraction of sp³-hybridized carbons (Fsp3) is 0.462. The summed E-state index contributed by atoms with van der Waals surface area (Å²) in [7, 11) is 0. The van der Waals surface area contributed by atoms with E-state index in [1.54, 1.807) is 6.20 Å². The molecule has 0 bridgehead atoms. The average molecular weight is 311 g/mol. The van der Waals surface area contributed by atoms with Crippen molar-refractivity contribution in [2.24, 2.45) is 0 Å². The van der Waals surface area contributed by atoms with E-state index in [9.17, 15) is 8.94 Å². The molecule has 0 spiro atoms. The molecule has 0 aliphatic rings. The molecule has 0 saturated carbocycles. The van der Waals surface area contributed by atoms with Gasteiger partial charge >= 0.3 is 0 Å². The Kier molecular flexibility index (Phi) is 4.60. The largest absolute Gasteiger partial charge is 0.598 e. The van der Waals surface area contributed by atoms with Crippen molar-refractivity contribution in [3.63, 3.8) is 0 Å². The van der Waals surface area contributed by atoms with Crippen molar-refractivity contribution in [2.45, 2.75) is 38.5 Å². The SMILES string of the molecule is CC(N[S+]([O-])C(C)(C)C)c1cnc(-n2cc(F)cn2)cn1. The van der Waals surface area contributed by atoms with Gasteiger partial charge in [-0.25, -0.2) is 14.1 Å². The van der Waals surface area contributed by atoms with Gasteiger partial charge in [-0.05, 0) is 27.7 Å². The Labute approximate surface area is 126 Å². The average Bonchev–Trinajstić information content (AvgIpc) is 2.84. The summed E-state index contributed by atoms with van der Waals surface area (Å²) < 4.78 is 28.9. The quantitative estimate of drug-likeness (QED) is 0.873. The molecule has 0 saturated heterocycles. The van der Waals surface area contributed by atoms with Crippen LogP contribution in [0, 0.1) is 5.82 Å². The zero-order chi connectivity index (χ0) is 15.6. The molecule has 0 radical (unpaired) electrons. The van der Waals surface area contributed by atoms with Crippen LogP contribution in [0.1, 0.15) is 39.4 Å². The van der Waals surface area contributed by atoms with Crippen LogP contribution in [0.3, 0.4) is 0 Å². The molecule has 2 aromatic rings. The first-order chi connectivity index (χ1) is 9.77. The van der Waals surface area contributed by atoms with Crippen LogP contribution in [0.2, 0.25) is 0 Å². The van der Waals surface area contributed by atoms with E-state index < -0.39 is 17.2 Å². The molecule has 8 heteroatoms. The van der Waals surface area contributed by atoms with E-state index in [2.05, 4.69) is 19.8 Å². The summed E-state index contributed by atoms with van der Waals surface area (Å²) in [6.07, 6.45) is 5.39. The minimum Gasteiger partial charge on any atom is -0.598 e. The lowest BCUT2D eigenvalue weighted by molar-refractivity contribution is 0.528. The second-order valence-electron chi connectivity index (χ2n) is 5.62. The van der Waals surface area contributed by atoms with Gasteiger partial charge in [-0.15, -0.1) is 4.72 Å². The van der Waals surface area contributed by atoms with E-state index >= 15 is 0 Å². The molecule has 2 atom stereocenters. The van der Waals surface area contributed by atoms with Crippen LogP contribution in [0.5, 0.6) is 0 Å². The highest BCUT2D eigenvalue weighted by atomic mass is 32.2. The van der Waals surface area contributed by atoms with Crippen molar-refractivity contribution < 1.29 is 8.94 Å². The zero-order valence-electron chi connectivity index (χ0n) is 12.4. The molecular formula is C13H18FN5OS. The number of aromatic nitrogens is 4. The van der Waals surface area contributed by atoms with Crippen LogP contribution in [0.4, 0.5) is 4.39 Å². The third kappa shape index (κ3) is 3.99. The highest BCUT2D eigenvalue weighted by Crippen LogP contribution is 2.18. The summed E-state index contributed by atoms with van der Waals surface area (Å²) >= 11 is -1.19. The number of halogens is 1. The monoisotopic (exact) mass is 311 g/mol. The van der Waals surface area contributed by atoms with Crippen molar-refractivity contribution in [1.29, 1.82) is 0 Å². The minimum atomic E-state index is -1.19. The van der Waals surface area contributed by atoms with E-state index in [0.717, 1.165) is 6.20 Å². The van der Waals surface area contributed by atoms with Crippen molar-refractivity contribution in [2.75, 3.05) is 0 Å². The Morgan fingerprint density at radius 3 is 2.48 bits per heavy atom. The molecule has 21 heavy (non-hydrogen) atoms. The lowest BCUT2D eigenvalue weighted by Gasteiger charge is -2.26. The van der Waals surface area contributed by atoms with E-state index in [1.165, 1.54) is 17.1 Å². The second kappa shape index (κ2) is 6.08. The molecule has 0 aliphatic carbocycles. The van der Waals surface area contributed by atoms with Gasteiger partial charge in [0.1, 0.15) is 4.75 Å². The maximum absolute atomic E-state index is 12.9. The molecule has 6 nitrogen and oxygen atoms in total. The Balaban J connectivity index is 2.08. The lowest BCUT2D eigenvalue weighted by atomic mass is 10.3. The van der Waals surface area contributed by atoms with Crippen molar-refractivity contribution in [1.82, 2.24) is 24.5 Å². The van der Waals surface area contributed by atoms with E-state index in [1.807, 2.05) is 27.7 Å². The number of hydrogen-bond donors (Lipinski definition) is 1. The highest BCUT2D eigenvalue weighted by Gasteiger charge is 2.28. The van der Waals surface area contributed by atoms with Gasteiger partial charge in [0.15, 0.2) is 11.6 Å². The van der Waals surface area contributed by atoms with Crippen LogP contribution in [0.15, 0.2) is 24.8 Å². The zero-order valence-corrected chi connectivity index (χ0v) is 13.2. The topological polar surface area (TPSA) is 78.7 Å². The Morgan fingerprint density at radius 2 is 2.00 bits per heavy atom. The van der Waals surface area contributed by atoms with E-state index in [4.69, 9.17) is 0 Å². The predicted molar refractivity (Wildman–Crippen MR) is 78.6 cm³/mol.